The quantitative estimate of drug-likeness (QED) is 0.781. The van der Waals surface area contributed by atoms with Crippen LogP contribution in [0, 0.1) is 5.92 Å². The minimum atomic E-state index is -3.59. The lowest BCUT2D eigenvalue weighted by molar-refractivity contribution is 0.316. The van der Waals surface area contributed by atoms with E-state index in [0.717, 1.165) is 12.8 Å². The summed E-state index contributed by atoms with van der Waals surface area (Å²) in [5.41, 5.74) is 5.63. The van der Waals surface area contributed by atoms with Crippen LogP contribution in [-0.4, -0.2) is 24.9 Å². The molecule has 1 saturated carbocycles. The molecule has 0 bridgehead atoms. The van der Waals surface area contributed by atoms with Gasteiger partial charge in [-0.05, 0) is 30.9 Å². The molecule has 0 spiro atoms. The summed E-state index contributed by atoms with van der Waals surface area (Å²) in [6.07, 6.45) is 4.81. The van der Waals surface area contributed by atoms with E-state index in [9.17, 15) is 8.42 Å². The number of hydrogen-bond acceptors (Lipinski definition) is 4. The van der Waals surface area contributed by atoms with Crippen molar-refractivity contribution < 1.29 is 8.42 Å². The van der Waals surface area contributed by atoms with Gasteiger partial charge < -0.3 is 5.73 Å². The third kappa shape index (κ3) is 2.85. The first-order valence-electron chi connectivity index (χ1n) is 5.75. The standard InChI is InChI=1S/C11H15N3O2S2/c12-11(17)10-9(5-2-6-13-10)18(15,16)14-7-8-3-1-4-8/h2,5-6,8,14H,1,3-4,7H2,(H2,12,17). The molecule has 1 aliphatic rings. The van der Waals surface area contributed by atoms with Gasteiger partial charge in [0.05, 0.1) is 0 Å². The number of hydrogen-bond donors (Lipinski definition) is 2. The molecule has 1 aliphatic carbocycles. The monoisotopic (exact) mass is 285 g/mol. The summed E-state index contributed by atoms with van der Waals surface area (Å²) < 4.78 is 26.9. The van der Waals surface area contributed by atoms with Gasteiger partial charge in [0.15, 0.2) is 0 Å². The average Bonchev–Trinajstić information content (AvgIpc) is 2.26. The maximum Gasteiger partial charge on any atom is 0.242 e. The molecule has 1 fully saturated rings. The second-order valence-electron chi connectivity index (χ2n) is 4.36. The highest BCUT2D eigenvalue weighted by molar-refractivity contribution is 7.89. The summed E-state index contributed by atoms with van der Waals surface area (Å²) in [4.78, 5) is 3.96. The zero-order valence-corrected chi connectivity index (χ0v) is 11.4. The van der Waals surface area contributed by atoms with Crippen LogP contribution in [0.25, 0.3) is 0 Å². The Kier molecular flexibility index (Phi) is 3.94. The molecule has 0 aliphatic heterocycles. The van der Waals surface area contributed by atoms with E-state index in [1.807, 2.05) is 0 Å². The lowest BCUT2D eigenvalue weighted by Gasteiger charge is -2.25. The highest BCUT2D eigenvalue weighted by atomic mass is 32.2. The van der Waals surface area contributed by atoms with E-state index >= 15 is 0 Å². The van der Waals surface area contributed by atoms with Crippen LogP contribution in [0.15, 0.2) is 23.2 Å². The van der Waals surface area contributed by atoms with Gasteiger partial charge in [0.25, 0.3) is 0 Å². The van der Waals surface area contributed by atoms with Crippen molar-refractivity contribution in [1.29, 1.82) is 0 Å². The summed E-state index contributed by atoms with van der Waals surface area (Å²) >= 11 is 4.81. The first kappa shape index (κ1) is 13.4. The number of pyridine rings is 1. The molecule has 3 N–H and O–H groups in total. The SMILES string of the molecule is NC(=S)c1ncccc1S(=O)(=O)NCC1CCC1. The Morgan fingerprint density at radius 3 is 2.83 bits per heavy atom. The molecule has 0 unspecified atom stereocenters. The molecule has 7 heteroatoms. The van der Waals surface area contributed by atoms with Crippen molar-refractivity contribution in [2.45, 2.75) is 24.2 Å². The Labute approximate surface area is 112 Å². The Morgan fingerprint density at radius 1 is 1.56 bits per heavy atom. The molecule has 1 aromatic rings. The van der Waals surface area contributed by atoms with Gasteiger partial charge in [0, 0.05) is 12.7 Å². The minimum absolute atomic E-state index is 0.0142. The molecule has 5 nitrogen and oxygen atoms in total. The second kappa shape index (κ2) is 5.29. The number of nitrogens with one attached hydrogen (secondary N) is 1. The molecule has 0 amide bonds. The van der Waals surface area contributed by atoms with Gasteiger partial charge in [-0.25, -0.2) is 13.1 Å². The van der Waals surface area contributed by atoms with Crippen molar-refractivity contribution in [3.05, 3.63) is 24.0 Å². The molecule has 1 aromatic heterocycles. The van der Waals surface area contributed by atoms with Gasteiger partial charge in [-0.2, -0.15) is 0 Å². The first-order chi connectivity index (χ1) is 8.50. The van der Waals surface area contributed by atoms with Gasteiger partial charge in [-0.1, -0.05) is 18.6 Å². The van der Waals surface area contributed by atoms with Crippen molar-refractivity contribution in [3.8, 4) is 0 Å². The molecule has 0 atom stereocenters. The van der Waals surface area contributed by atoms with Crippen LogP contribution < -0.4 is 10.5 Å². The van der Waals surface area contributed by atoms with Crippen LogP contribution in [0.5, 0.6) is 0 Å². The van der Waals surface area contributed by atoms with Gasteiger partial charge in [0.2, 0.25) is 10.0 Å². The van der Waals surface area contributed by atoms with Gasteiger partial charge in [0.1, 0.15) is 15.6 Å². The first-order valence-corrected chi connectivity index (χ1v) is 7.64. The topological polar surface area (TPSA) is 85.1 Å². The maximum atomic E-state index is 12.1. The average molecular weight is 285 g/mol. The zero-order valence-electron chi connectivity index (χ0n) is 9.80. The third-order valence-electron chi connectivity index (χ3n) is 3.08. The number of nitrogens with two attached hydrogens (primary N) is 1. The van der Waals surface area contributed by atoms with Crippen LogP contribution >= 0.6 is 12.2 Å². The van der Waals surface area contributed by atoms with Crippen molar-refractivity contribution in [1.82, 2.24) is 9.71 Å². The van der Waals surface area contributed by atoms with E-state index in [0.29, 0.717) is 12.5 Å². The zero-order chi connectivity index (χ0) is 13.2. The summed E-state index contributed by atoms with van der Waals surface area (Å²) in [5, 5.41) is 0. The van der Waals surface area contributed by atoms with Gasteiger partial charge in [-0.15, -0.1) is 0 Å². The fraction of sp³-hybridized carbons (Fsp3) is 0.455. The molecule has 0 radical (unpaired) electrons. The van der Waals surface area contributed by atoms with Crippen molar-refractivity contribution in [2.75, 3.05) is 6.54 Å². The van der Waals surface area contributed by atoms with E-state index in [1.54, 1.807) is 6.07 Å². The molecule has 18 heavy (non-hydrogen) atoms. The van der Waals surface area contributed by atoms with E-state index in [-0.39, 0.29) is 15.6 Å². The van der Waals surface area contributed by atoms with E-state index in [4.69, 9.17) is 18.0 Å². The summed E-state index contributed by atoms with van der Waals surface area (Å²) in [5.74, 6) is 0.449. The number of aromatic nitrogens is 1. The van der Waals surface area contributed by atoms with Crippen LogP contribution in [0.2, 0.25) is 0 Å². The summed E-state index contributed by atoms with van der Waals surface area (Å²) in [7, 11) is -3.59. The van der Waals surface area contributed by atoms with E-state index in [2.05, 4.69) is 9.71 Å². The molecular formula is C11H15N3O2S2. The highest BCUT2D eigenvalue weighted by Crippen LogP contribution is 2.25. The molecule has 98 valence electrons. The Hall–Kier alpha value is -1.05. The van der Waals surface area contributed by atoms with Gasteiger partial charge in [-0.3, -0.25) is 4.98 Å². The Bertz CT molecular complexity index is 553. The lowest BCUT2D eigenvalue weighted by atomic mass is 9.86. The number of thiocarbonyl (C=S) groups is 1. The molecular weight excluding hydrogens is 270 g/mol. The summed E-state index contributed by atoms with van der Waals surface area (Å²) in [6, 6.07) is 3.02. The Morgan fingerprint density at radius 2 is 2.28 bits per heavy atom. The van der Waals surface area contributed by atoms with E-state index < -0.39 is 10.0 Å². The number of nitrogens with zero attached hydrogens (tertiary/aromatic N) is 1. The van der Waals surface area contributed by atoms with Crippen LogP contribution in [0.4, 0.5) is 0 Å². The Balaban J connectivity index is 2.20. The van der Waals surface area contributed by atoms with Crippen molar-refractivity contribution in [2.24, 2.45) is 11.7 Å². The van der Waals surface area contributed by atoms with Crippen LogP contribution in [0.1, 0.15) is 25.0 Å². The molecule has 0 aromatic carbocycles. The smallest absolute Gasteiger partial charge is 0.242 e. The molecule has 0 saturated heterocycles. The number of sulfonamides is 1. The van der Waals surface area contributed by atoms with E-state index in [1.165, 1.54) is 18.7 Å². The minimum Gasteiger partial charge on any atom is -0.388 e. The second-order valence-corrected chi connectivity index (χ2v) is 6.54. The third-order valence-corrected chi connectivity index (χ3v) is 4.73. The van der Waals surface area contributed by atoms with Crippen molar-refractivity contribution in [3.63, 3.8) is 0 Å². The van der Waals surface area contributed by atoms with Crippen LogP contribution in [-0.2, 0) is 10.0 Å². The number of rotatable bonds is 5. The highest BCUT2D eigenvalue weighted by Gasteiger charge is 2.24. The lowest BCUT2D eigenvalue weighted by Crippen LogP contribution is -2.33. The van der Waals surface area contributed by atoms with Crippen LogP contribution in [0.3, 0.4) is 0 Å². The predicted octanol–water partition coefficient (Wildman–Crippen LogP) is 0.794. The predicted molar refractivity (Wildman–Crippen MR) is 72.7 cm³/mol. The molecule has 2 rings (SSSR count). The fourth-order valence-corrected chi connectivity index (χ4v) is 3.31. The van der Waals surface area contributed by atoms with Crippen molar-refractivity contribution >= 4 is 27.2 Å². The largest absolute Gasteiger partial charge is 0.388 e. The summed E-state index contributed by atoms with van der Waals surface area (Å²) in [6.45, 7) is 0.466. The van der Waals surface area contributed by atoms with Gasteiger partial charge >= 0.3 is 0 Å². The normalized spacial score (nSPS) is 16.2. The fourth-order valence-electron chi connectivity index (χ4n) is 1.79. The molecule has 1 heterocycles. The maximum absolute atomic E-state index is 12.1.